The van der Waals surface area contributed by atoms with Crippen LogP contribution in [-0.2, 0) is 6.42 Å². The van der Waals surface area contributed by atoms with Crippen molar-refractivity contribution in [2.75, 3.05) is 6.54 Å². The van der Waals surface area contributed by atoms with E-state index in [9.17, 15) is 0 Å². The quantitative estimate of drug-likeness (QED) is 0.442. The van der Waals surface area contributed by atoms with Crippen LogP contribution in [0, 0.1) is 6.92 Å². The SMILES string of the molecule is Cc1ccc(CCN[Si]Cl)cc1. The fourth-order valence-electron chi connectivity index (χ4n) is 1.01. The van der Waals surface area contributed by atoms with Crippen LogP contribution in [0.4, 0.5) is 0 Å². The molecule has 0 unspecified atom stereocenters. The van der Waals surface area contributed by atoms with Gasteiger partial charge in [-0.3, -0.25) is 0 Å². The number of benzene rings is 1. The van der Waals surface area contributed by atoms with E-state index >= 15 is 0 Å². The first-order valence-corrected chi connectivity index (χ1v) is 5.98. The first-order valence-electron chi connectivity index (χ1n) is 3.97. The van der Waals surface area contributed by atoms with E-state index in [-0.39, 0.29) is 0 Å². The minimum Gasteiger partial charge on any atom is -0.326 e. The van der Waals surface area contributed by atoms with Gasteiger partial charge in [-0.25, -0.2) is 0 Å². The second-order valence-corrected chi connectivity index (χ2v) is 3.87. The van der Waals surface area contributed by atoms with Crippen molar-refractivity contribution in [2.45, 2.75) is 13.3 Å². The zero-order valence-corrected chi connectivity index (χ0v) is 8.86. The Morgan fingerprint density at radius 2 is 2.00 bits per heavy atom. The van der Waals surface area contributed by atoms with Crippen molar-refractivity contribution in [1.82, 2.24) is 4.98 Å². The molecule has 0 aliphatic heterocycles. The lowest BCUT2D eigenvalue weighted by Crippen LogP contribution is -2.17. The Morgan fingerprint density at radius 3 is 2.58 bits per heavy atom. The van der Waals surface area contributed by atoms with Gasteiger partial charge in [-0.2, -0.15) is 0 Å². The minimum atomic E-state index is 0.329. The molecule has 2 radical (unpaired) electrons. The summed E-state index contributed by atoms with van der Waals surface area (Å²) in [4.78, 5) is 3.10. The van der Waals surface area contributed by atoms with E-state index in [4.69, 9.17) is 11.1 Å². The van der Waals surface area contributed by atoms with E-state index in [2.05, 4.69) is 36.2 Å². The van der Waals surface area contributed by atoms with Crippen LogP contribution in [0.1, 0.15) is 11.1 Å². The molecule has 1 nitrogen and oxygen atoms in total. The normalized spacial score (nSPS) is 10.2. The first kappa shape index (κ1) is 9.77. The molecule has 0 aromatic heterocycles. The fraction of sp³-hybridized carbons (Fsp3) is 0.333. The zero-order chi connectivity index (χ0) is 8.81. The van der Waals surface area contributed by atoms with Crippen molar-refractivity contribution < 1.29 is 0 Å². The summed E-state index contributed by atoms with van der Waals surface area (Å²) < 4.78 is 0. The summed E-state index contributed by atoms with van der Waals surface area (Å²) in [5.74, 6) is 0. The molecule has 64 valence electrons. The molecule has 0 heterocycles. The van der Waals surface area contributed by atoms with E-state index in [1.54, 1.807) is 0 Å². The van der Waals surface area contributed by atoms with Gasteiger partial charge in [0.15, 0.2) is 0 Å². The summed E-state index contributed by atoms with van der Waals surface area (Å²) in [5.41, 5.74) is 2.67. The number of hydrogen-bond donors (Lipinski definition) is 1. The molecule has 1 aromatic carbocycles. The van der Waals surface area contributed by atoms with Gasteiger partial charge in [0.05, 0.1) is 0 Å². The van der Waals surface area contributed by atoms with E-state index in [0.717, 1.165) is 13.0 Å². The lowest BCUT2D eigenvalue weighted by molar-refractivity contribution is 0.895. The number of nitrogens with one attached hydrogen (secondary N) is 1. The lowest BCUT2D eigenvalue weighted by Gasteiger charge is -2.00. The van der Waals surface area contributed by atoms with Gasteiger partial charge in [-0.15, -0.1) is 11.1 Å². The Bertz CT molecular complexity index is 222. The number of hydrogen-bond acceptors (Lipinski definition) is 1. The van der Waals surface area contributed by atoms with Crippen LogP contribution >= 0.6 is 11.1 Å². The van der Waals surface area contributed by atoms with E-state index in [0.29, 0.717) is 8.99 Å². The molecule has 0 saturated carbocycles. The van der Waals surface area contributed by atoms with Crippen molar-refractivity contribution in [3.8, 4) is 0 Å². The monoisotopic (exact) mass is 197 g/mol. The first-order chi connectivity index (χ1) is 5.83. The molecular weight excluding hydrogens is 186 g/mol. The van der Waals surface area contributed by atoms with E-state index < -0.39 is 0 Å². The smallest absolute Gasteiger partial charge is 0.270 e. The summed E-state index contributed by atoms with van der Waals surface area (Å²) in [6.07, 6.45) is 1.06. The molecule has 0 aliphatic rings. The van der Waals surface area contributed by atoms with Crippen LogP contribution in [-0.4, -0.2) is 15.5 Å². The summed E-state index contributed by atoms with van der Waals surface area (Å²) in [6, 6.07) is 8.60. The van der Waals surface area contributed by atoms with Gasteiger partial charge in [0.25, 0.3) is 8.99 Å². The molecule has 0 bridgehead atoms. The zero-order valence-electron chi connectivity index (χ0n) is 7.10. The van der Waals surface area contributed by atoms with E-state index in [1.807, 2.05) is 0 Å². The highest BCUT2D eigenvalue weighted by Crippen LogP contribution is 2.02. The third-order valence-corrected chi connectivity index (χ3v) is 2.51. The molecule has 1 aromatic rings. The Labute approximate surface area is 80.7 Å². The average molecular weight is 198 g/mol. The molecule has 0 saturated heterocycles. The van der Waals surface area contributed by atoms with Crippen molar-refractivity contribution in [3.05, 3.63) is 35.4 Å². The molecule has 12 heavy (non-hydrogen) atoms. The van der Waals surface area contributed by atoms with Crippen molar-refractivity contribution in [3.63, 3.8) is 0 Å². The van der Waals surface area contributed by atoms with E-state index in [1.165, 1.54) is 11.1 Å². The molecule has 1 N–H and O–H groups in total. The highest BCUT2D eigenvalue weighted by molar-refractivity contribution is 6.92. The molecular formula is C9H12ClNSi. The van der Waals surface area contributed by atoms with Gasteiger partial charge >= 0.3 is 0 Å². The summed E-state index contributed by atoms with van der Waals surface area (Å²) >= 11 is 5.51. The maximum absolute atomic E-state index is 5.51. The summed E-state index contributed by atoms with van der Waals surface area (Å²) in [6.45, 7) is 3.06. The molecule has 0 amide bonds. The molecule has 0 spiro atoms. The third kappa shape index (κ3) is 3.39. The Hall–Kier alpha value is -0.313. The maximum Gasteiger partial charge on any atom is 0.270 e. The van der Waals surface area contributed by atoms with Crippen LogP contribution < -0.4 is 4.98 Å². The predicted molar refractivity (Wildman–Crippen MR) is 54.5 cm³/mol. The second kappa shape index (κ2) is 5.35. The van der Waals surface area contributed by atoms with Crippen LogP contribution in [0.3, 0.4) is 0 Å². The topological polar surface area (TPSA) is 12.0 Å². The predicted octanol–water partition coefficient (Wildman–Crippen LogP) is 1.90. The Balaban J connectivity index is 2.37. The van der Waals surface area contributed by atoms with Crippen LogP contribution in [0.25, 0.3) is 0 Å². The Morgan fingerprint density at radius 1 is 1.33 bits per heavy atom. The van der Waals surface area contributed by atoms with Gasteiger partial charge in [0.2, 0.25) is 0 Å². The number of rotatable bonds is 4. The maximum atomic E-state index is 5.51. The molecule has 1 rings (SSSR count). The lowest BCUT2D eigenvalue weighted by atomic mass is 10.1. The van der Waals surface area contributed by atoms with Crippen LogP contribution in [0.15, 0.2) is 24.3 Å². The van der Waals surface area contributed by atoms with Gasteiger partial charge in [0.1, 0.15) is 0 Å². The van der Waals surface area contributed by atoms with Crippen LogP contribution in [0.5, 0.6) is 0 Å². The molecule has 3 heteroatoms. The minimum absolute atomic E-state index is 0.329. The van der Waals surface area contributed by atoms with Crippen molar-refractivity contribution >= 4 is 20.1 Å². The average Bonchev–Trinajstić information content (AvgIpc) is 2.09. The van der Waals surface area contributed by atoms with Gasteiger partial charge < -0.3 is 4.98 Å². The van der Waals surface area contributed by atoms with Crippen molar-refractivity contribution in [2.24, 2.45) is 0 Å². The molecule has 0 aliphatic carbocycles. The van der Waals surface area contributed by atoms with Gasteiger partial charge in [-0.1, -0.05) is 29.8 Å². The molecule has 0 fully saturated rings. The number of halogens is 1. The second-order valence-electron chi connectivity index (χ2n) is 2.76. The van der Waals surface area contributed by atoms with Gasteiger partial charge in [-0.05, 0) is 25.5 Å². The standard InChI is InChI=1S/C9H12ClNSi/c1-8-2-4-9(5-3-8)6-7-11-12-10/h2-5,11H,6-7H2,1H3. The fourth-order valence-corrected chi connectivity index (χ4v) is 1.51. The van der Waals surface area contributed by atoms with Gasteiger partial charge in [0, 0.05) is 0 Å². The Kier molecular flexibility index (Phi) is 4.36. The summed E-state index contributed by atoms with van der Waals surface area (Å²) in [5, 5.41) is 0. The van der Waals surface area contributed by atoms with Crippen molar-refractivity contribution in [1.29, 1.82) is 0 Å². The number of aryl methyl sites for hydroxylation is 1. The highest BCUT2D eigenvalue weighted by atomic mass is 35.6. The largest absolute Gasteiger partial charge is 0.326 e. The summed E-state index contributed by atoms with van der Waals surface area (Å²) in [7, 11) is 0.329. The van der Waals surface area contributed by atoms with Crippen LogP contribution in [0.2, 0.25) is 0 Å². The third-order valence-electron chi connectivity index (χ3n) is 1.73. The highest BCUT2D eigenvalue weighted by Gasteiger charge is 1.91. The molecule has 0 atom stereocenters.